The summed E-state index contributed by atoms with van der Waals surface area (Å²) in [5.74, 6) is 0.0305. The summed E-state index contributed by atoms with van der Waals surface area (Å²) in [7, 11) is 1.44. The molecule has 0 radical (unpaired) electrons. The van der Waals surface area contributed by atoms with Gasteiger partial charge in [-0.15, -0.1) is 0 Å². The van der Waals surface area contributed by atoms with Gasteiger partial charge in [0, 0.05) is 6.42 Å². The highest BCUT2D eigenvalue weighted by atomic mass is 17.1. The fourth-order valence-electron chi connectivity index (χ4n) is 3.86. The summed E-state index contributed by atoms with van der Waals surface area (Å²) in [4.78, 5) is 16.3. The van der Waals surface area contributed by atoms with Crippen LogP contribution in [-0.2, 0) is 19.2 Å². The van der Waals surface area contributed by atoms with Crippen LogP contribution in [0.5, 0.6) is 0 Å². The molecule has 1 saturated carbocycles. The summed E-state index contributed by atoms with van der Waals surface area (Å²) in [6.45, 7) is 4.25. The number of hydrogen-bond donors (Lipinski definition) is 1. The zero-order chi connectivity index (χ0) is 14.8. The minimum absolute atomic E-state index is 0.101. The van der Waals surface area contributed by atoms with Crippen molar-refractivity contribution in [1.29, 1.82) is 0 Å². The van der Waals surface area contributed by atoms with Gasteiger partial charge in [-0.25, -0.2) is 10.1 Å². The molecule has 5 atom stereocenters. The number of carbonyl (C=O) groups is 1. The van der Waals surface area contributed by atoms with Crippen LogP contribution < -0.4 is 0 Å². The Morgan fingerprint density at radius 1 is 1.40 bits per heavy atom. The Labute approximate surface area is 120 Å². The Kier molecular flexibility index (Phi) is 5.04. The Bertz CT molecular complexity index is 345. The molecule has 0 aromatic carbocycles. The molecule has 0 spiro atoms. The molecule has 3 unspecified atom stereocenters. The van der Waals surface area contributed by atoms with E-state index in [1.807, 2.05) is 6.92 Å². The predicted molar refractivity (Wildman–Crippen MR) is 72.8 cm³/mol. The number of carbonyl (C=O) groups excluding carboxylic acids is 1. The second kappa shape index (κ2) is 6.41. The summed E-state index contributed by atoms with van der Waals surface area (Å²) >= 11 is 0. The molecule has 116 valence electrons. The highest BCUT2D eigenvalue weighted by Gasteiger charge is 2.43. The highest BCUT2D eigenvalue weighted by molar-refractivity contribution is 5.72. The van der Waals surface area contributed by atoms with Gasteiger partial charge in [0.15, 0.2) is 5.79 Å². The summed E-state index contributed by atoms with van der Waals surface area (Å²) in [5, 5.41) is 9.01. The Hall–Kier alpha value is -0.650. The van der Waals surface area contributed by atoms with E-state index in [0.29, 0.717) is 30.8 Å². The summed E-state index contributed by atoms with van der Waals surface area (Å²) in [6.07, 6.45) is 5.00. The van der Waals surface area contributed by atoms with E-state index in [2.05, 4.69) is 4.89 Å². The zero-order valence-corrected chi connectivity index (χ0v) is 12.6. The number of rotatable bonds is 3. The number of esters is 1. The molecule has 5 heteroatoms. The van der Waals surface area contributed by atoms with Crippen molar-refractivity contribution in [1.82, 2.24) is 0 Å². The van der Waals surface area contributed by atoms with Crippen LogP contribution >= 0.6 is 0 Å². The average molecular weight is 286 g/mol. The van der Waals surface area contributed by atoms with Crippen molar-refractivity contribution < 1.29 is 24.4 Å². The molecule has 0 aromatic rings. The van der Waals surface area contributed by atoms with E-state index >= 15 is 0 Å². The normalized spacial score (nSPS) is 39.5. The molecule has 0 aromatic heterocycles. The molecule has 20 heavy (non-hydrogen) atoms. The van der Waals surface area contributed by atoms with Crippen molar-refractivity contribution >= 4 is 5.97 Å². The standard InChI is InChI=1S/C15H26O5/c1-10(14(16)18-3)12-6-4-5-11-7-8-15(2,20-17)19-9-13(11)12/h10-13,17H,4-9H2,1-3H3/t10-,11?,12+,13?,15?/m1/s1. The largest absolute Gasteiger partial charge is 0.469 e. The maximum Gasteiger partial charge on any atom is 0.308 e. The van der Waals surface area contributed by atoms with Crippen LogP contribution in [0.25, 0.3) is 0 Å². The third-order valence-electron chi connectivity index (χ3n) is 5.23. The van der Waals surface area contributed by atoms with E-state index in [4.69, 9.17) is 14.7 Å². The minimum atomic E-state index is -0.906. The van der Waals surface area contributed by atoms with E-state index in [0.717, 1.165) is 19.3 Å². The van der Waals surface area contributed by atoms with Gasteiger partial charge in [-0.1, -0.05) is 19.8 Å². The van der Waals surface area contributed by atoms with Crippen molar-refractivity contribution in [2.24, 2.45) is 23.7 Å². The lowest BCUT2D eigenvalue weighted by molar-refractivity contribution is -0.399. The fraction of sp³-hybridized carbons (Fsp3) is 0.933. The molecule has 1 aliphatic carbocycles. The van der Waals surface area contributed by atoms with Crippen LogP contribution in [0.2, 0.25) is 0 Å². The van der Waals surface area contributed by atoms with E-state index < -0.39 is 5.79 Å². The van der Waals surface area contributed by atoms with E-state index in [1.165, 1.54) is 13.5 Å². The van der Waals surface area contributed by atoms with Gasteiger partial charge in [-0.2, -0.15) is 0 Å². The smallest absolute Gasteiger partial charge is 0.308 e. The molecule has 5 nitrogen and oxygen atoms in total. The minimum Gasteiger partial charge on any atom is -0.469 e. The number of fused-ring (bicyclic) bond motifs is 1. The molecule has 1 saturated heterocycles. The third-order valence-corrected chi connectivity index (χ3v) is 5.23. The van der Waals surface area contributed by atoms with Crippen molar-refractivity contribution in [2.75, 3.05) is 13.7 Å². The van der Waals surface area contributed by atoms with E-state index in [-0.39, 0.29) is 11.9 Å². The maximum absolute atomic E-state index is 11.8. The van der Waals surface area contributed by atoms with Gasteiger partial charge in [0.1, 0.15) is 0 Å². The Morgan fingerprint density at radius 3 is 2.80 bits per heavy atom. The fourth-order valence-corrected chi connectivity index (χ4v) is 3.86. The lowest BCUT2D eigenvalue weighted by atomic mass is 9.67. The van der Waals surface area contributed by atoms with Crippen LogP contribution in [0.3, 0.4) is 0 Å². The first-order chi connectivity index (χ1) is 9.50. The Balaban J connectivity index is 2.11. The predicted octanol–water partition coefficient (Wildman–Crippen LogP) is 2.84. The molecule has 1 aliphatic heterocycles. The van der Waals surface area contributed by atoms with Gasteiger partial charge < -0.3 is 9.47 Å². The quantitative estimate of drug-likeness (QED) is 0.491. The average Bonchev–Trinajstić information content (AvgIpc) is 2.66. The molecule has 1 heterocycles. The topological polar surface area (TPSA) is 65.0 Å². The molecular weight excluding hydrogens is 260 g/mol. The van der Waals surface area contributed by atoms with Crippen LogP contribution in [0.4, 0.5) is 0 Å². The number of methoxy groups -OCH3 is 1. The molecular formula is C15H26O5. The molecule has 0 amide bonds. The van der Waals surface area contributed by atoms with Crippen LogP contribution in [0.15, 0.2) is 0 Å². The van der Waals surface area contributed by atoms with Crippen molar-refractivity contribution in [3.05, 3.63) is 0 Å². The summed E-state index contributed by atoms with van der Waals surface area (Å²) in [6, 6.07) is 0. The lowest BCUT2D eigenvalue weighted by Gasteiger charge is -2.39. The lowest BCUT2D eigenvalue weighted by Crippen LogP contribution is -2.38. The van der Waals surface area contributed by atoms with E-state index in [9.17, 15) is 4.79 Å². The van der Waals surface area contributed by atoms with Crippen molar-refractivity contribution in [2.45, 2.75) is 51.7 Å². The highest BCUT2D eigenvalue weighted by Crippen LogP contribution is 2.45. The zero-order valence-electron chi connectivity index (χ0n) is 12.6. The molecule has 2 aliphatic rings. The van der Waals surface area contributed by atoms with Crippen LogP contribution in [0, 0.1) is 23.7 Å². The first-order valence-electron chi connectivity index (χ1n) is 7.55. The Morgan fingerprint density at radius 2 is 2.15 bits per heavy atom. The maximum atomic E-state index is 11.8. The van der Waals surface area contributed by atoms with Gasteiger partial charge in [-0.3, -0.25) is 4.79 Å². The first kappa shape index (κ1) is 15.7. The van der Waals surface area contributed by atoms with Crippen molar-refractivity contribution in [3.63, 3.8) is 0 Å². The number of hydrogen-bond acceptors (Lipinski definition) is 5. The van der Waals surface area contributed by atoms with Gasteiger partial charge in [0.25, 0.3) is 0 Å². The van der Waals surface area contributed by atoms with Gasteiger partial charge in [-0.05, 0) is 37.5 Å². The van der Waals surface area contributed by atoms with Crippen LogP contribution in [0.1, 0.15) is 46.0 Å². The van der Waals surface area contributed by atoms with Gasteiger partial charge in [0.05, 0.1) is 19.6 Å². The van der Waals surface area contributed by atoms with E-state index in [1.54, 1.807) is 6.92 Å². The molecule has 2 fully saturated rings. The molecule has 1 N–H and O–H groups in total. The summed E-state index contributed by atoms with van der Waals surface area (Å²) in [5.41, 5.74) is 0. The first-order valence-corrected chi connectivity index (χ1v) is 7.55. The van der Waals surface area contributed by atoms with Gasteiger partial charge >= 0.3 is 5.97 Å². The molecule has 0 bridgehead atoms. The van der Waals surface area contributed by atoms with Crippen molar-refractivity contribution in [3.8, 4) is 0 Å². The SMILES string of the molecule is COC(=O)[C@H](C)[C@@H]1CCCC2CCC(C)(OO)OCC21. The summed E-state index contributed by atoms with van der Waals surface area (Å²) < 4.78 is 10.7. The second-order valence-corrected chi connectivity index (χ2v) is 6.41. The second-order valence-electron chi connectivity index (χ2n) is 6.41. The third kappa shape index (κ3) is 3.15. The number of ether oxygens (including phenoxy) is 2. The monoisotopic (exact) mass is 286 g/mol. The van der Waals surface area contributed by atoms with Gasteiger partial charge in [0.2, 0.25) is 0 Å². The van der Waals surface area contributed by atoms with Crippen LogP contribution in [-0.4, -0.2) is 30.7 Å². The molecule has 2 rings (SSSR count).